The second-order valence-electron chi connectivity index (χ2n) is 7.56. The van der Waals surface area contributed by atoms with Crippen molar-refractivity contribution in [3.8, 4) is 11.5 Å². The van der Waals surface area contributed by atoms with Crippen LogP contribution in [0, 0.1) is 13.8 Å². The first kappa shape index (κ1) is 21.3. The molecule has 0 bridgehead atoms. The fraction of sp³-hybridized carbons (Fsp3) is 0.231. The Kier molecular flexibility index (Phi) is 6.68. The zero-order chi connectivity index (χ0) is 21.7. The molecule has 0 aliphatic heterocycles. The highest BCUT2D eigenvalue weighted by molar-refractivity contribution is 5.73. The van der Waals surface area contributed by atoms with E-state index < -0.39 is 11.9 Å². The summed E-state index contributed by atoms with van der Waals surface area (Å²) in [6.45, 7) is 6.89. The van der Waals surface area contributed by atoms with Gasteiger partial charge in [0.25, 0.3) is 0 Å². The standard InChI is InChI=1S/C26H26O4/c1-17-8-9-23(12-18(17)2)14-21-6-5-7-22(13-21)15-24-10-11-25(29-19(3)27)26(16-24)30-20(4)28/h5-13,16H,14-15H2,1-4H3. The minimum absolute atomic E-state index is 0.241. The van der Waals surface area contributed by atoms with E-state index in [1.54, 1.807) is 12.1 Å². The first-order valence-corrected chi connectivity index (χ1v) is 9.94. The third-order valence-corrected chi connectivity index (χ3v) is 4.89. The van der Waals surface area contributed by atoms with Crippen molar-refractivity contribution in [2.24, 2.45) is 0 Å². The van der Waals surface area contributed by atoms with Gasteiger partial charge in [-0.05, 0) is 72.2 Å². The van der Waals surface area contributed by atoms with Crippen molar-refractivity contribution in [1.29, 1.82) is 0 Å². The molecule has 4 nitrogen and oxygen atoms in total. The summed E-state index contributed by atoms with van der Waals surface area (Å²) in [7, 11) is 0. The number of ether oxygens (including phenoxy) is 2. The molecule has 0 fully saturated rings. The fourth-order valence-electron chi connectivity index (χ4n) is 3.37. The summed E-state index contributed by atoms with van der Waals surface area (Å²) in [5.41, 5.74) is 7.25. The predicted octanol–water partition coefficient (Wildman–Crippen LogP) is 5.34. The van der Waals surface area contributed by atoms with Crippen LogP contribution >= 0.6 is 0 Å². The lowest BCUT2D eigenvalue weighted by Crippen LogP contribution is -2.07. The van der Waals surface area contributed by atoms with Crippen LogP contribution in [0.1, 0.15) is 47.2 Å². The Hall–Kier alpha value is -3.40. The lowest BCUT2D eigenvalue weighted by Gasteiger charge is -2.11. The van der Waals surface area contributed by atoms with E-state index in [0.29, 0.717) is 6.42 Å². The number of carbonyl (C=O) groups is 2. The number of rotatable bonds is 6. The van der Waals surface area contributed by atoms with Crippen molar-refractivity contribution in [2.75, 3.05) is 0 Å². The molecule has 3 aromatic carbocycles. The number of esters is 2. The van der Waals surface area contributed by atoms with Crippen molar-refractivity contribution in [2.45, 2.75) is 40.5 Å². The van der Waals surface area contributed by atoms with Gasteiger partial charge in [-0.3, -0.25) is 9.59 Å². The summed E-state index contributed by atoms with van der Waals surface area (Å²) in [6.07, 6.45) is 1.55. The van der Waals surface area contributed by atoms with Crippen LogP contribution in [0.5, 0.6) is 11.5 Å². The minimum atomic E-state index is -0.463. The predicted molar refractivity (Wildman–Crippen MR) is 117 cm³/mol. The van der Waals surface area contributed by atoms with Crippen molar-refractivity contribution >= 4 is 11.9 Å². The summed E-state index contributed by atoms with van der Waals surface area (Å²) in [5.74, 6) is -0.433. The summed E-state index contributed by atoms with van der Waals surface area (Å²) < 4.78 is 10.4. The molecular formula is C26H26O4. The Morgan fingerprint density at radius 3 is 1.77 bits per heavy atom. The molecule has 0 N–H and O–H groups in total. The highest BCUT2D eigenvalue weighted by Crippen LogP contribution is 2.30. The van der Waals surface area contributed by atoms with Gasteiger partial charge >= 0.3 is 11.9 Å². The molecule has 0 spiro atoms. The number of hydrogen-bond donors (Lipinski definition) is 0. The van der Waals surface area contributed by atoms with E-state index in [1.807, 2.05) is 6.07 Å². The zero-order valence-electron chi connectivity index (χ0n) is 17.8. The second kappa shape index (κ2) is 9.40. The van der Waals surface area contributed by atoms with Gasteiger partial charge in [-0.25, -0.2) is 0 Å². The Labute approximate surface area is 177 Å². The first-order valence-electron chi connectivity index (χ1n) is 9.94. The Bertz CT molecular complexity index is 1080. The van der Waals surface area contributed by atoms with Crippen LogP contribution in [0.15, 0.2) is 60.7 Å². The normalized spacial score (nSPS) is 10.5. The molecule has 3 aromatic rings. The molecule has 0 aliphatic carbocycles. The zero-order valence-corrected chi connectivity index (χ0v) is 17.8. The first-order chi connectivity index (χ1) is 14.3. The molecule has 0 unspecified atom stereocenters. The largest absolute Gasteiger partial charge is 0.423 e. The molecule has 0 saturated heterocycles. The van der Waals surface area contributed by atoms with Gasteiger partial charge in [0.2, 0.25) is 0 Å². The molecule has 0 saturated carbocycles. The van der Waals surface area contributed by atoms with Crippen LogP contribution < -0.4 is 9.47 Å². The van der Waals surface area contributed by atoms with E-state index in [4.69, 9.17) is 9.47 Å². The molecule has 0 radical (unpaired) electrons. The molecule has 0 heterocycles. The van der Waals surface area contributed by atoms with E-state index >= 15 is 0 Å². The molecule has 154 valence electrons. The van der Waals surface area contributed by atoms with Crippen LogP contribution in [0.25, 0.3) is 0 Å². The van der Waals surface area contributed by atoms with Gasteiger partial charge in [0.05, 0.1) is 0 Å². The third-order valence-electron chi connectivity index (χ3n) is 4.89. The van der Waals surface area contributed by atoms with Crippen molar-refractivity contribution in [3.63, 3.8) is 0 Å². The number of hydrogen-bond acceptors (Lipinski definition) is 4. The molecule has 4 heteroatoms. The number of aryl methyl sites for hydroxylation is 2. The average Bonchev–Trinajstić information content (AvgIpc) is 2.66. The van der Waals surface area contributed by atoms with E-state index in [-0.39, 0.29) is 11.5 Å². The molecule has 0 atom stereocenters. The minimum Gasteiger partial charge on any atom is -0.423 e. The van der Waals surface area contributed by atoms with Crippen LogP contribution in [0.3, 0.4) is 0 Å². The van der Waals surface area contributed by atoms with Crippen molar-refractivity contribution in [3.05, 3.63) is 94.0 Å². The highest BCUT2D eigenvalue weighted by atomic mass is 16.6. The second-order valence-corrected chi connectivity index (χ2v) is 7.56. The van der Waals surface area contributed by atoms with E-state index in [9.17, 15) is 9.59 Å². The topological polar surface area (TPSA) is 52.6 Å². The maximum absolute atomic E-state index is 11.4. The van der Waals surface area contributed by atoms with Gasteiger partial charge in [-0.2, -0.15) is 0 Å². The lowest BCUT2D eigenvalue weighted by molar-refractivity contribution is -0.134. The Balaban J connectivity index is 1.80. The lowest BCUT2D eigenvalue weighted by atomic mass is 9.97. The van der Waals surface area contributed by atoms with Crippen LogP contribution in [0.4, 0.5) is 0 Å². The average molecular weight is 402 g/mol. The Morgan fingerprint density at radius 1 is 0.633 bits per heavy atom. The smallest absolute Gasteiger partial charge is 0.308 e. The van der Waals surface area contributed by atoms with Gasteiger partial charge in [-0.1, -0.05) is 48.5 Å². The third kappa shape index (κ3) is 5.80. The van der Waals surface area contributed by atoms with E-state index in [1.165, 1.54) is 36.1 Å². The molecular weight excluding hydrogens is 376 g/mol. The van der Waals surface area contributed by atoms with Crippen LogP contribution in [-0.2, 0) is 22.4 Å². The van der Waals surface area contributed by atoms with Gasteiger partial charge < -0.3 is 9.47 Å². The summed E-state index contributed by atoms with van der Waals surface area (Å²) >= 11 is 0. The van der Waals surface area contributed by atoms with Gasteiger partial charge in [0.1, 0.15) is 0 Å². The highest BCUT2D eigenvalue weighted by Gasteiger charge is 2.12. The maximum atomic E-state index is 11.4. The molecule has 3 rings (SSSR count). The number of carbonyl (C=O) groups excluding carboxylic acids is 2. The van der Waals surface area contributed by atoms with Gasteiger partial charge in [0, 0.05) is 13.8 Å². The SMILES string of the molecule is CC(=O)Oc1ccc(Cc2cccc(Cc3ccc(C)c(C)c3)c2)cc1OC(C)=O. The van der Waals surface area contributed by atoms with Crippen LogP contribution in [-0.4, -0.2) is 11.9 Å². The maximum Gasteiger partial charge on any atom is 0.308 e. The number of benzene rings is 3. The van der Waals surface area contributed by atoms with Gasteiger partial charge in [0.15, 0.2) is 11.5 Å². The van der Waals surface area contributed by atoms with E-state index in [2.05, 4.69) is 56.3 Å². The summed E-state index contributed by atoms with van der Waals surface area (Å²) in [4.78, 5) is 22.7. The van der Waals surface area contributed by atoms with Crippen molar-refractivity contribution in [1.82, 2.24) is 0 Å². The summed E-state index contributed by atoms with van der Waals surface area (Å²) in [6, 6.07) is 20.3. The molecule has 0 aliphatic rings. The van der Waals surface area contributed by atoms with Gasteiger partial charge in [-0.15, -0.1) is 0 Å². The molecule has 0 aromatic heterocycles. The summed E-state index contributed by atoms with van der Waals surface area (Å²) in [5, 5.41) is 0. The fourth-order valence-corrected chi connectivity index (χ4v) is 3.37. The Morgan fingerprint density at radius 2 is 1.17 bits per heavy atom. The monoisotopic (exact) mass is 402 g/mol. The molecule has 30 heavy (non-hydrogen) atoms. The van der Waals surface area contributed by atoms with E-state index in [0.717, 1.165) is 17.5 Å². The molecule has 0 amide bonds. The van der Waals surface area contributed by atoms with Crippen molar-refractivity contribution < 1.29 is 19.1 Å². The quantitative estimate of drug-likeness (QED) is 0.413. The van der Waals surface area contributed by atoms with Crippen LogP contribution in [0.2, 0.25) is 0 Å².